The van der Waals surface area contributed by atoms with E-state index >= 15 is 0 Å². The van der Waals surface area contributed by atoms with Crippen molar-refractivity contribution in [3.8, 4) is 0 Å². The first-order chi connectivity index (χ1) is 14.5. The van der Waals surface area contributed by atoms with Crippen LogP contribution in [0.25, 0.3) is 0 Å². The summed E-state index contributed by atoms with van der Waals surface area (Å²) in [7, 11) is 0. The van der Waals surface area contributed by atoms with Crippen LogP contribution in [-0.4, -0.2) is 78.4 Å². The van der Waals surface area contributed by atoms with Crippen LogP contribution in [0, 0.1) is 11.7 Å². The third-order valence-electron chi connectivity index (χ3n) is 6.71. The molecule has 7 nitrogen and oxygen atoms in total. The van der Waals surface area contributed by atoms with Crippen molar-refractivity contribution in [2.75, 3.05) is 39.4 Å². The van der Waals surface area contributed by atoms with E-state index in [4.69, 9.17) is 4.74 Å². The number of amides is 3. The number of nitrogens with zero attached hydrogens (tertiary/aromatic N) is 2. The number of nitrogens with one attached hydrogen (secondary N) is 1. The molecule has 2 N–H and O–H groups in total. The number of halogens is 1. The molecule has 1 aromatic rings. The van der Waals surface area contributed by atoms with Gasteiger partial charge >= 0.3 is 6.03 Å². The number of fused-ring (bicyclic) bond motifs is 1. The predicted octanol–water partition coefficient (Wildman–Crippen LogP) is 1.71. The van der Waals surface area contributed by atoms with Crippen LogP contribution in [0.4, 0.5) is 9.18 Å². The number of carbonyl (C=O) groups excluding carboxylic acids is 2. The van der Waals surface area contributed by atoms with E-state index in [1.54, 1.807) is 12.1 Å². The van der Waals surface area contributed by atoms with E-state index < -0.39 is 0 Å². The highest BCUT2D eigenvalue weighted by Crippen LogP contribution is 2.35. The van der Waals surface area contributed by atoms with Crippen molar-refractivity contribution in [3.05, 3.63) is 35.6 Å². The summed E-state index contributed by atoms with van der Waals surface area (Å²) in [6.45, 7) is 2.65. The fourth-order valence-corrected chi connectivity index (χ4v) is 5.09. The summed E-state index contributed by atoms with van der Waals surface area (Å²) in [6, 6.07) is 6.43. The van der Waals surface area contributed by atoms with Crippen molar-refractivity contribution in [1.82, 2.24) is 15.1 Å². The molecule has 0 radical (unpaired) electrons. The van der Waals surface area contributed by atoms with Gasteiger partial charge in [-0.3, -0.25) is 4.79 Å². The highest BCUT2D eigenvalue weighted by molar-refractivity contribution is 5.79. The lowest BCUT2D eigenvalue weighted by molar-refractivity contribution is -0.139. The SMILES string of the molecule is O=C1CO[C@H]2CCN(C(=O)N3CCC([C@@H](CCO)c4ccc(F)cc4)CC3)C[C@H]2N1. The van der Waals surface area contributed by atoms with E-state index in [1.807, 2.05) is 9.80 Å². The molecular formula is C22H30FN3O4. The van der Waals surface area contributed by atoms with Crippen molar-refractivity contribution in [3.63, 3.8) is 0 Å². The van der Waals surface area contributed by atoms with Crippen molar-refractivity contribution < 1.29 is 23.8 Å². The molecule has 0 aromatic heterocycles. The van der Waals surface area contributed by atoms with E-state index in [1.165, 1.54) is 12.1 Å². The molecule has 3 atom stereocenters. The average Bonchev–Trinajstić information content (AvgIpc) is 2.77. The molecule has 3 fully saturated rings. The Hall–Kier alpha value is -2.19. The van der Waals surface area contributed by atoms with Gasteiger partial charge in [0.1, 0.15) is 12.4 Å². The van der Waals surface area contributed by atoms with Crippen LogP contribution in [0.3, 0.4) is 0 Å². The Labute approximate surface area is 176 Å². The minimum absolute atomic E-state index is 0.00700. The Bertz CT molecular complexity index is 751. The number of aliphatic hydroxyl groups excluding tert-OH is 1. The molecule has 8 heteroatoms. The predicted molar refractivity (Wildman–Crippen MR) is 108 cm³/mol. The van der Waals surface area contributed by atoms with Crippen molar-refractivity contribution in [1.29, 1.82) is 0 Å². The van der Waals surface area contributed by atoms with Gasteiger partial charge in [0.15, 0.2) is 0 Å². The second kappa shape index (κ2) is 9.31. The normalized spacial score (nSPS) is 26.1. The third kappa shape index (κ3) is 4.59. The number of hydrogen-bond donors (Lipinski definition) is 2. The number of hydrogen-bond acceptors (Lipinski definition) is 4. The van der Waals surface area contributed by atoms with Crippen LogP contribution in [0.5, 0.6) is 0 Å². The van der Waals surface area contributed by atoms with Gasteiger partial charge in [0.05, 0.1) is 12.1 Å². The summed E-state index contributed by atoms with van der Waals surface area (Å²) in [5.74, 6) is 0.133. The number of carbonyl (C=O) groups is 2. The Morgan fingerprint density at radius 1 is 1.17 bits per heavy atom. The standard InChI is InChI=1S/C22H30FN3O4/c23-17-3-1-15(2-4-17)18(8-12-27)16-5-9-25(10-6-16)22(29)26-11-7-20-19(13-26)24-21(28)14-30-20/h1-4,16,18-20,27H,5-14H2,(H,24,28)/t18-,19+,20-/m0/s1. The quantitative estimate of drug-likeness (QED) is 0.779. The molecule has 0 aliphatic carbocycles. The molecule has 1 aromatic carbocycles. The van der Waals surface area contributed by atoms with Gasteiger partial charge in [0, 0.05) is 32.8 Å². The average molecular weight is 419 g/mol. The molecule has 164 valence electrons. The number of likely N-dealkylation sites (tertiary alicyclic amines) is 2. The molecular weight excluding hydrogens is 389 g/mol. The zero-order chi connectivity index (χ0) is 21.1. The highest BCUT2D eigenvalue weighted by Gasteiger charge is 2.38. The summed E-state index contributed by atoms with van der Waals surface area (Å²) in [6.07, 6.45) is 3.07. The van der Waals surface area contributed by atoms with Gasteiger partial charge < -0.3 is 25.0 Å². The minimum Gasteiger partial charge on any atom is -0.396 e. The number of morpholine rings is 1. The maximum atomic E-state index is 13.3. The van der Waals surface area contributed by atoms with E-state index in [9.17, 15) is 19.1 Å². The molecule has 0 saturated carbocycles. The van der Waals surface area contributed by atoms with Gasteiger partial charge in [-0.05, 0) is 55.2 Å². The van der Waals surface area contributed by atoms with Gasteiger partial charge in [-0.1, -0.05) is 12.1 Å². The number of ether oxygens (including phenoxy) is 1. The van der Waals surface area contributed by atoms with Crippen LogP contribution in [0.1, 0.15) is 37.2 Å². The van der Waals surface area contributed by atoms with Gasteiger partial charge in [-0.25, -0.2) is 9.18 Å². The van der Waals surface area contributed by atoms with Crippen LogP contribution in [-0.2, 0) is 9.53 Å². The van der Waals surface area contributed by atoms with Crippen molar-refractivity contribution in [2.45, 2.75) is 43.7 Å². The van der Waals surface area contributed by atoms with Gasteiger partial charge in [-0.2, -0.15) is 0 Å². The minimum atomic E-state index is -0.259. The first-order valence-corrected chi connectivity index (χ1v) is 10.9. The molecule has 4 rings (SSSR count). The fraction of sp³-hybridized carbons (Fsp3) is 0.636. The van der Waals surface area contributed by atoms with Gasteiger partial charge in [0.2, 0.25) is 5.91 Å². The lowest BCUT2D eigenvalue weighted by atomic mass is 9.78. The summed E-state index contributed by atoms with van der Waals surface area (Å²) in [4.78, 5) is 28.3. The lowest BCUT2D eigenvalue weighted by Gasteiger charge is -2.44. The molecule has 30 heavy (non-hydrogen) atoms. The zero-order valence-electron chi connectivity index (χ0n) is 17.1. The van der Waals surface area contributed by atoms with Crippen molar-refractivity contribution >= 4 is 11.9 Å². The zero-order valence-corrected chi connectivity index (χ0v) is 17.1. The molecule has 3 heterocycles. The Kier molecular flexibility index (Phi) is 6.53. The second-order valence-corrected chi connectivity index (χ2v) is 8.54. The number of benzene rings is 1. The summed E-state index contributed by atoms with van der Waals surface area (Å²) >= 11 is 0. The largest absolute Gasteiger partial charge is 0.396 e. The Morgan fingerprint density at radius 3 is 2.57 bits per heavy atom. The molecule has 3 saturated heterocycles. The number of urea groups is 1. The van der Waals surface area contributed by atoms with Gasteiger partial charge in [-0.15, -0.1) is 0 Å². The van der Waals surface area contributed by atoms with E-state index in [2.05, 4.69) is 5.32 Å². The smallest absolute Gasteiger partial charge is 0.320 e. The molecule has 0 spiro atoms. The Balaban J connectivity index is 1.33. The van der Waals surface area contributed by atoms with Crippen molar-refractivity contribution in [2.24, 2.45) is 5.92 Å². The van der Waals surface area contributed by atoms with E-state index in [0.29, 0.717) is 38.5 Å². The van der Waals surface area contributed by atoms with E-state index in [0.717, 1.165) is 24.8 Å². The highest BCUT2D eigenvalue weighted by atomic mass is 19.1. The molecule has 0 bridgehead atoms. The topological polar surface area (TPSA) is 82.1 Å². The maximum absolute atomic E-state index is 13.3. The second-order valence-electron chi connectivity index (χ2n) is 8.54. The molecule has 3 aliphatic rings. The molecule has 3 amide bonds. The van der Waals surface area contributed by atoms with Crippen LogP contribution in [0.2, 0.25) is 0 Å². The number of rotatable bonds is 4. The summed E-state index contributed by atoms with van der Waals surface area (Å²) < 4.78 is 18.9. The first kappa shape index (κ1) is 21.1. The van der Waals surface area contributed by atoms with Gasteiger partial charge in [0.25, 0.3) is 0 Å². The van der Waals surface area contributed by atoms with Crippen LogP contribution < -0.4 is 5.32 Å². The third-order valence-corrected chi connectivity index (χ3v) is 6.71. The monoisotopic (exact) mass is 419 g/mol. The van der Waals surface area contributed by atoms with Crippen LogP contribution in [0.15, 0.2) is 24.3 Å². The summed E-state index contributed by atoms with van der Waals surface area (Å²) in [5.41, 5.74) is 1.05. The van der Waals surface area contributed by atoms with Crippen LogP contribution >= 0.6 is 0 Å². The first-order valence-electron chi connectivity index (χ1n) is 10.9. The maximum Gasteiger partial charge on any atom is 0.320 e. The molecule has 3 aliphatic heterocycles. The van der Waals surface area contributed by atoms with E-state index in [-0.39, 0.29) is 49.0 Å². The Morgan fingerprint density at radius 2 is 1.87 bits per heavy atom. The summed E-state index contributed by atoms with van der Waals surface area (Å²) in [5, 5.41) is 12.5. The fourth-order valence-electron chi connectivity index (χ4n) is 5.09. The number of piperidine rings is 2. The lowest BCUT2D eigenvalue weighted by Crippen LogP contribution is -2.62. The molecule has 0 unspecified atom stereocenters. The number of aliphatic hydroxyl groups is 1.